The van der Waals surface area contributed by atoms with E-state index >= 15 is 0 Å². The molecule has 0 saturated carbocycles. The molecule has 32 heavy (non-hydrogen) atoms. The Bertz CT molecular complexity index is 1080. The van der Waals surface area contributed by atoms with Crippen molar-refractivity contribution in [2.75, 3.05) is 10.6 Å². The molecule has 0 fully saturated rings. The Morgan fingerprint density at radius 2 is 1.88 bits per heavy atom. The summed E-state index contributed by atoms with van der Waals surface area (Å²) in [5, 5.41) is 12.3. The number of hydrogen-bond donors (Lipinski definition) is 3. The third kappa shape index (κ3) is 6.76. The summed E-state index contributed by atoms with van der Waals surface area (Å²) in [4.78, 5) is 37.5. The van der Waals surface area contributed by atoms with Gasteiger partial charge in [0.2, 0.25) is 5.91 Å². The van der Waals surface area contributed by atoms with Crippen LogP contribution in [0.2, 0.25) is 0 Å². The molecule has 0 unspecified atom stereocenters. The standard InChI is InChI=1S/C22H23FN4O2.CH2O2/c1-3-20-24-11-13-27(20)12-10-21(28)25-19-14-16(9-8-15(19)2)22(29)26-18-7-5-4-6-17(18)23;2-1-3/h4-9,11,13-14H,3,10,12H2,1-2H3,(H,25,28)(H,26,29);1H,(H,2,3). The van der Waals surface area contributed by atoms with Crippen LogP contribution in [-0.4, -0.2) is 32.9 Å². The van der Waals surface area contributed by atoms with E-state index in [0.29, 0.717) is 17.8 Å². The van der Waals surface area contributed by atoms with Crippen molar-refractivity contribution >= 4 is 29.7 Å². The summed E-state index contributed by atoms with van der Waals surface area (Å²) in [6.45, 7) is 4.14. The Labute approximate surface area is 185 Å². The summed E-state index contributed by atoms with van der Waals surface area (Å²) < 4.78 is 15.7. The summed E-state index contributed by atoms with van der Waals surface area (Å²) in [5.41, 5.74) is 1.82. The molecular weight excluding hydrogens is 415 g/mol. The van der Waals surface area contributed by atoms with Gasteiger partial charge in [-0.15, -0.1) is 0 Å². The Balaban J connectivity index is 0.00000114. The van der Waals surface area contributed by atoms with Crippen LogP contribution >= 0.6 is 0 Å². The fourth-order valence-electron chi connectivity index (χ4n) is 2.95. The van der Waals surface area contributed by atoms with Crippen molar-refractivity contribution in [3.8, 4) is 0 Å². The second-order valence-corrected chi connectivity index (χ2v) is 6.76. The topological polar surface area (TPSA) is 113 Å². The van der Waals surface area contributed by atoms with Crippen molar-refractivity contribution in [1.29, 1.82) is 0 Å². The molecule has 0 saturated heterocycles. The number of amides is 2. The van der Waals surface area contributed by atoms with Crippen LogP contribution in [0.1, 0.15) is 35.1 Å². The van der Waals surface area contributed by atoms with E-state index in [0.717, 1.165) is 17.8 Å². The highest BCUT2D eigenvalue weighted by Gasteiger charge is 2.12. The highest BCUT2D eigenvalue weighted by Crippen LogP contribution is 2.20. The molecule has 9 heteroatoms. The number of aromatic nitrogens is 2. The van der Waals surface area contributed by atoms with Gasteiger partial charge in [0.05, 0.1) is 5.69 Å². The SMILES string of the molecule is CCc1nccn1CCC(=O)Nc1cc(C(=O)Nc2ccccc2F)ccc1C.O=CO. The van der Waals surface area contributed by atoms with Crippen LogP contribution in [0.25, 0.3) is 0 Å². The van der Waals surface area contributed by atoms with Crippen LogP contribution in [0, 0.1) is 12.7 Å². The number of hydrogen-bond acceptors (Lipinski definition) is 4. The molecule has 0 atom stereocenters. The number of imidazole rings is 1. The molecule has 3 aromatic rings. The van der Waals surface area contributed by atoms with E-state index in [1.54, 1.807) is 36.5 Å². The van der Waals surface area contributed by atoms with E-state index in [1.807, 2.05) is 24.6 Å². The minimum absolute atomic E-state index is 0.107. The van der Waals surface area contributed by atoms with E-state index in [1.165, 1.54) is 12.1 Å². The van der Waals surface area contributed by atoms with Gasteiger partial charge >= 0.3 is 0 Å². The average Bonchev–Trinajstić information content (AvgIpc) is 3.23. The van der Waals surface area contributed by atoms with Crippen molar-refractivity contribution in [2.24, 2.45) is 0 Å². The van der Waals surface area contributed by atoms with E-state index in [9.17, 15) is 14.0 Å². The second kappa shape index (κ2) is 12.0. The summed E-state index contributed by atoms with van der Waals surface area (Å²) in [6, 6.07) is 10.9. The highest BCUT2D eigenvalue weighted by atomic mass is 19.1. The number of para-hydroxylation sites is 1. The quantitative estimate of drug-likeness (QED) is 0.483. The minimum Gasteiger partial charge on any atom is -0.483 e. The Hall–Kier alpha value is -4.01. The van der Waals surface area contributed by atoms with E-state index in [4.69, 9.17) is 9.90 Å². The van der Waals surface area contributed by atoms with Crippen LogP contribution in [0.15, 0.2) is 54.9 Å². The van der Waals surface area contributed by atoms with E-state index in [-0.39, 0.29) is 24.5 Å². The number of rotatable bonds is 7. The van der Waals surface area contributed by atoms with Crippen molar-refractivity contribution in [1.82, 2.24) is 9.55 Å². The molecule has 8 nitrogen and oxygen atoms in total. The molecule has 0 bridgehead atoms. The molecule has 0 aliphatic rings. The Morgan fingerprint density at radius 1 is 1.16 bits per heavy atom. The lowest BCUT2D eigenvalue weighted by Gasteiger charge is -2.12. The largest absolute Gasteiger partial charge is 0.483 e. The minimum atomic E-state index is -0.507. The first-order valence-corrected chi connectivity index (χ1v) is 9.93. The Kier molecular flexibility index (Phi) is 9.09. The number of nitrogens with zero attached hydrogens (tertiary/aromatic N) is 2. The van der Waals surface area contributed by atoms with Crippen molar-refractivity contribution in [3.63, 3.8) is 0 Å². The monoisotopic (exact) mass is 440 g/mol. The summed E-state index contributed by atoms with van der Waals surface area (Å²) in [5.74, 6) is -0.180. The maximum absolute atomic E-state index is 13.8. The average molecular weight is 440 g/mol. The molecule has 0 radical (unpaired) electrons. The van der Waals surface area contributed by atoms with Crippen molar-refractivity contribution in [3.05, 3.63) is 77.6 Å². The van der Waals surface area contributed by atoms with E-state index < -0.39 is 11.7 Å². The maximum Gasteiger partial charge on any atom is 0.290 e. The molecule has 1 aromatic heterocycles. The van der Waals surface area contributed by atoms with Crippen LogP contribution in [0.5, 0.6) is 0 Å². The third-order valence-corrected chi connectivity index (χ3v) is 4.59. The normalized spacial score (nSPS) is 9.97. The number of benzene rings is 2. The zero-order chi connectivity index (χ0) is 23.5. The zero-order valence-corrected chi connectivity index (χ0v) is 17.8. The smallest absolute Gasteiger partial charge is 0.290 e. The van der Waals surface area contributed by atoms with Gasteiger partial charge in [0.1, 0.15) is 11.6 Å². The Morgan fingerprint density at radius 3 is 2.56 bits per heavy atom. The molecule has 0 aliphatic carbocycles. The van der Waals surface area contributed by atoms with Gasteiger partial charge in [-0.3, -0.25) is 14.4 Å². The molecule has 1 heterocycles. The predicted octanol–water partition coefficient (Wildman–Crippen LogP) is 3.87. The summed E-state index contributed by atoms with van der Waals surface area (Å²) in [6.07, 6.45) is 4.66. The molecule has 0 spiro atoms. The first-order chi connectivity index (χ1) is 15.4. The molecule has 0 aliphatic heterocycles. The zero-order valence-electron chi connectivity index (χ0n) is 17.8. The second-order valence-electron chi connectivity index (χ2n) is 6.76. The van der Waals surface area contributed by atoms with Gasteiger partial charge in [-0.1, -0.05) is 25.1 Å². The van der Waals surface area contributed by atoms with Crippen LogP contribution in [0.3, 0.4) is 0 Å². The molecule has 2 aromatic carbocycles. The van der Waals surface area contributed by atoms with Gasteiger partial charge in [-0.05, 0) is 36.8 Å². The summed E-state index contributed by atoms with van der Waals surface area (Å²) >= 11 is 0. The fourth-order valence-corrected chi connectivity index (χ4v) is 2.95. The molecule has 3 rings (SSSR count). The van der Waals surface area contributed by atoms with Gasteiger partial charge < -0.3 is 20.3 Å². The number of carbonyl (C=O) groups excluding carboxylic acids is 2. The summed E-state index contributed by atoms with van der Waals surface area (Å²) in [7, 11) is 0. The van der Waals surface area contributed by atoms with Gasteiger partial charge in [0, 0.05) is 43.0 Å². The van der Waals surface area contributed by atoms with Crippen LogP contribution < -0.4 is 10.6 Å². The number of halogens is 1. The number of carbonyl (C=O) groups is 3. The van der Waals surface area contributed by atoms with Crippen molar-refractivity contribution < 1.29 is 23.9 Å². The lowest BCUT2D eigenvalue weighted by Crippen LogP contribution is -2.17. The number of carboxylic acid groups (broad SMARTS) is 1. The van der Waals surface area contributed by atoms with Gasteiger partial charge in [0.25, 0.3) is 12.4 Å². The van der Waals surface area contributed by atoms with Crippen molar-refractivity contribution in [2.45, 2.75) is 33.2 Å². The van der Waals surface area contributed by atoms with Crippen LogP contribution in [-0.2, 0) is 22.6 Å². The van der Waals surface area contributed by atoms with Gasteiger partial charge in [-0.25, -0.2) is 9.37 Å². The first kappa shape index (κ1) is 24.3. The number of anilines is 2. The predicted molar refractivity (Wildman–Crippen MR) is 119 cm³/mol. The fraction of sp³-hybridized carbons (Fsp3) is 0.217. The lowest BCUT2D eigenvalue weighted by molar-refractivity contribution is -0.123. The van der Waals surface area contributed by atoms with Gasteiger partial charge in [0.15, 0.2) is 0 Å². The van der Waals surface area contributed by atoms with Gasteiger partial charge in [-0.2, -0.15) is 0 Å². The number of nitrogens with one attached hydrogen (secondary N) is 2. The van der Waals surface area contributed by atoms with E-state index in [2.05, 4.69) is 15.6 Å². The maximum atomic E-state index is 13.8. The third-order valence-electron chi connectivity index (χ3n) is 4.59. The molecule has 3 N–H and O–H groups in total. The molecule has 2 amide bonds. The number of aryl methyl sites for hydroxylation is 3. The lowest BCUT2D eigenvalue weighted by atomic mass is 10.1. The van der Waals surface area contributed by atoms with Crippen LogP contribution in [0.4, 0.5) is 15.8 Å². The highest BCUT2D eigenvalue weighted by molar-refractivity contribution is 6.05. The molecule has 168 valence electrons. The molecular formula is C23H25FN4O4. The first-order valence-electron chi connectivity index (χ1n) is 9.93.